The number of rotatable bonds is 6. The molecule has 0 bridgehead atoms. The molecule has 0 radical (unpaired) electrons. The van der Waals surface area contributed by atoms with Crippen molar-refractivity contribution in [2.75, 3.05) is 26.1 Å². The van der Waals surface area contributed by atoms with Gasteiger partial charge in [0.05, 0.1) is 24.9 Å². The van der Waals surface area contributed by atoms with Crippen LogP contribution in [-0.4, -0.2) is 20.8 Å². The molecule has 17 heavy (non-hydrogen) atoms. The monoisotopic (exact) mass is 257 g/mol. The molecule has 1 aromatic rings. The maximum absolute atomic E-state index is 6.09. The zero-order valence-electron chi connectivity index (χ0n) is 10.8. The molecular weight excluding hydrogens is 238 g/mol. The fraction of sp³-hybridized carbons (Fsp3) is 0.538. The Hall–Kier alpha value is -1.09. The Balaban J connectivity index is 2.87. The van der Waals surface area contributed by atoms with Gasteiger partial charge in [0.1, 0.15) is 11.5 Å². The van der Waals surface area contributed by atoms with Crippen molar-refractivity contribution in [3.05, 3.63) is 17.2 Å². The highest BCUT2D eigenvalue weighted by atomic mass is 35.5. The van der Waals surface area contributed by atoms with Crippen molar-refractivity contribution in [3.63, 3.8) is 0 Å². The summed E-state index contributed by atoms with van der Waals surface area (Å²) in [6.45, 7) is 5.27. The topological polar surface area (TPSA) is 30.5 Å². The van der Waals surface area contributed by atoms with E-state index in [0.717, 1.165) is 24.4 Å². The average molecular weight is 258 g/mol. The zero-order chi connectivity index (χ0) is 12.8. The molecule has 3 nitrogen and oxygen atoms in total. The third kappa shape index (κ3) is 3.70. The van der Waals surface area contributed by atoms with E-state index in [1.165, 1.54) is 0 Å². The number of hydrogen-bond acceptors (Lipinski definition) is 3. The molecule has 1 unspecified atom stereocenters. The third-order valence-electron chi connectivity index (χ3n) is 2.81. The zero-order valence-corrected chi connectivity index (χ0v) is 11.6. The first-order valence-corrected chi connectivity index (χ1v) is 6.15. The van der Waals surface area contributed by atoms with Gasteiger partial charge in [0.15, 0.2) is 0 Å². The van der Waals surface area contributed by atoms with Crippen LogP contribution in [0.1, 0.15) is 20.3 Å². The second-order valence-corrected chi connectivity index (χ2v) is 4.49. The molecule has 0 spiro atoms. The SMILES string of the molecule is CCC(C)CNc1cc(Cl)c(OC)cc1OC. The van der Waals surface area contributed by atoms with E-state index in [0.29, 0.717) is 16.7 Å². The summed E-state index contributed by atoms with van der Waals surface area (Å²) in [5, 5.41) is 3.93. The third-order valence-corrected chi connectivity index (χ3v) is 3.11. The van der Waals surface area contributed by atoms with Gasteiger partial charge in [-0.3, -0.25) is 0 Å². The quantitative estimate of drug-likeness (QED) is 0.841. The van der Waals surface area contributed by atoms with Crippen LogP contribution in [0.4, 0.5) is 5.69 Å². The van der Waals surface area contributed by atoms with Crippen LogP contribution in [0.25, 0.3) is 0 Å². The van der Waals surface area contributed by atoms with E-state index in [-0.39, 0.29) is 0 Å². The van der Waals surface area contributed by atoms with Crippen LogP contribution in [0.3, 0.4) is 0 Å². The van der Waals surface area contributed by atoms with Crippen LogP contribution < -0.4 is 14.8 Å². The molecule has 96 valence electrons. The van der Waals surface area contributed by atoms with Crippen molar-refractivity contribution in [3.8, 4) is 11.5 Å². The average Bonchev–Trinajstić information content (AvgIpc) is 2.35. The van der Waals surface area contributed by atoms with Gasteiger partial charge in [0.25, 0.3) is 0 Å². The summed E-state index contributed by atoms with van der Waals surface area (Å²) in [5.41, 5.74) is 0.901. The van der Waals surface area contributed by atoms with Gasteiger partial charge in [-0.2, -0.15) is 0 Å². The minimum Gasteiger partial charge on any atom is -0.495 e. The normalized spacial score (nSPS) is 12.1. The van der Waals surface area contributed by atoms with Crippen LogP contribution in [0.15, 0.2) is 12.1 Å². The fourth-order valence-electron chi connectivity index (χ4n) is 1.43. The smallest absolute Gasteiger partial charge is 0.145 e. The minimum atomic E-state index is 0.583. The van der Waals surface area contributed by atoms with Gasteiger partial charge in [-0.1, -0.05) is 31.9 Å². The maximum atomic E-state index is 6.09. The van der Waals surface area contributed by atoms with Crippen molar-refractivity contribution in [2.24, 2.45) is 5.92 Å². The van der Waals surface area contributed by atoms with Crippen LogP contribution >= 0.6 is 11.6 Å². The lowest BCUT2D eigenvalue weighted by Gasteiger charge is -2.16. The van der Waals surface area contributed by atoms with Gasteiger partial charge < -0.3 is 14.8 Å². The number of nitrogens with one attached hydrogen (secondary N) is 1. The number of hydrogen-bond donors (Lipinski definition) is 1. The molecule has 0 aliphatic heterocycles. The Morgan fingerprint density at radius 3 is 2.41 bits per heavy atom. The number of benzene rings is 1. The highest BCUT2D eigenvalue weighted by molar-refractivity contribution is 6.32. The Morgan fingerprint density at radius 2 is 1.88 bits per heavy atom. The van der Waals surface area contributed by atoms with Crippen LogP contribution in [-0.2, 0) is 0 Å². The molecule has 0 fully saturated rings. The van der Waals surface area contributed by atoms with E-state index in [4.69, 9.17) is 21.1 Å². The van der Waals surface area contributed by atoms with Gasteiger partial charge in [-0.25, -0.2) is 0 Å². The lowest BCUT2D eigenvalue weighted by atomic mass is 10.1. The fourth-order valence-corrected chi connectivity index (χ4v) is 1.67. The largest absolute Gasteiger partial charge is 0.495 e. The summed E-state index contributed by atoms with van der Waals surface area (Å²) in [6.07, 6.45) is 1.14. The number of halogens is 1. The predicted octanol–water partition coefficient (Wildman–Crippen LogP) is 3.82. The molecule has 0 amide bonds. The van der Waals surface area contributed by atoms with Crippen molar-refractivity contribution < 1.29 is 9.47 Å². The summed E-state index contributed by atoms with van der Waals surface area (Å²) < 4.78 is 10.5. The van der Waals surface area contributed by atoms with Gasteiger partial charge >= 0.3 is 0 Å². The number of ether oxygens (including phenoxy) is 2. The molecule has 4 heteroatoms. The molecule has 0 aromatic heterocycles. The molecule has 1 atom stereocenters. The summed E-state index contributed by atoms with van der Waals surface area (Å²) in [6, 6.07) is 3.63. The van der Waals surface area contributed by atoms with Crippen molar-refractivity contribution in [1.82, 2.24) is 0 Å². The minimum absolute atomic E-state index is 0.583. The van der Waals surface area contributed by atoms with E-state index in [1.54, 1.807) is 20.3 Å². The van der Waals surface area contributed by atoms with Gasteiger partial charge in [0, 0.05) is 12.6 Å². The number of methoxy groups -OCH3 is 2. The molecule has 0 aliphatic rings. The molecule has 0 saturated heterocycles. The van der Waals surface area contributed by atoms with E-state index in [2.05, 4.69) is 19.2 Å². The van der Waals surface area contributed by atoms with Crippen LogP contribution in [0.5, 0.6) is 11.5 Å². The van der Waals surface area contributed by atoms with Crippen LogP contribution in [0.2, 0.25) is 5.02 Å². The standard InChI is InChI=1S/C13H20ClNO2/c1-5-9(2)8-15-11-6-10(14)12(16-3)7-13(11)17-4/h6-7,9,15H,5,8H2,1-4H3. The van der Waals surface area contributed by atoms with Gasteiger partial charge in [-0.05, 0) is 12.0 Å². The van der Waals surface area contributed by atoms with E-state index in [1.807, 2.05) is 6.07 Å². The highest BCUT2D eigenvalue weighted by Gasteiger charge is 2.10. The first-order chi connectivity index (χ1) is 8.12. The first kappa shape index (κ1) is 14.0. The molecular formula is C13H20ClNO2. The summed E-state index contributed by atoms with van der Waals surface area (Å²) in [5.74, 6) is 1.98. The lowest BCUT2D eigenvalue weighted by molar-refractivity contribution is 0.395. The molecule has 1 rings (SSSR count). The number of anilines is 1. The molecule has 0 aliphatic carbocycles. The molecule has 0 heterocycles. The van der Waals surface area contributed by atoms with Crippen molar-refractivity contribution in [2.45, 2.75) is 20.3 Å². The lowest BCUT2D eigenvalue weighted by Crippen LogP contribution is -2.11. The summed E-state index contributed by atoms with van der Waals surface area (Å²) in [7, 11) is 3.23. The predicted molar refractivity (Wildman–Crippen MR) is 72.5 cm³/mol. The highest BCUT2D eigenvalue weighted by Crippen LogP contribution is 2.35. The second kappa shape index (κ2) is 6.60. The van der Waals surface area contributed by atoms with E-state index >= 15 is 0 Å². The van der Waals surface area contributed by atoms with E-state index in [9.17, 15) is 0 Å². The Bertz CT molecular complexity index is 369. The van der Waals surface area contributed by atoms with E-state index < -0.39 is 0 Å². The Kier molecular flexibility index (Phi) is 5.42. The summed E-state index contributed by atoms with van der Waals surface area (Å²) >= 11 is 6.09. The molecule has 1 aromatic carbocycles. The maximum Gasteiger partial charge on any atom is 0.145 e. The van der Waals surface area contributed by atoms with Gasteiger partial charge in [0.2, 0.25) is 0 Å². The molecule has 0 saturated carbocycles. The Labute approximate surface area is 108 Å². The molecule has 1 N–H and O–H groups in total. The van der Waals surface area contributed by atoms with Crippen LogP contribution in [0, 0.1) is 5.92 Å². The summed E-state index contributed by atoms with van der Waals surface area (Å²) in [4.78, 5) is 0. The first-order valence-electron chi connectivity index (χ1n) is 5.77. The van der Waals surface area contributed by atoms with Crippen molar-refractivity contribution in [1.29, 1.82) is 0 Å². The van der Waals surface area contributed by atoms with Gasteiger partial charge in [-0.15, -0.1) is 0 Å². The van der Waals surface area contributed by atoms with Crippen molar-refractivity contribution >= 4 is 17.3 Å². The Morgan fingerprint density at radius 1 is 1.24 bits per heavy atom. The second-order valence-electron chi connectivity index (χ2n) is 4.08.